The quantitative estimate of drug-likeness (QED) is 0.222. The molecule has 2 heteroatoms. The van der Waals surface area contributed by atoms with Gasteiger partial charge in [-0.1, -0.05) is 96.1 Å². The summed E-state index contributed by atoms with van der Waals surface area (Å²) in [6.45, 7) is 2.28. The molecule has 0 aliphatic heterocycles. The van der Waals surface area contributed by atoms with E-state index in [-0.39, 0.29) is 5.91 Å². The molecule has 0 heterocycles. The van der Waals surface area contributed by atoms with Gasteiger partial charge in [0.15, 0.2) is 0 Å². The van der Waals surface area contributed by atoms with Gasteiger partial charge in [-0.2, -0.15) is 0 Å². The Morgan fingerprint density at radius 2 is 1.04 bits per heavy atom. The summed E-state index contributed by atoms with van der Waals surface area (Å²) < 4.78 is 0. The number of unbranched alkanes of at least 4 members (excludes halogenated alkanes) is 14. The van der Waals surface area contributed by atoms with Crippen LogP contribution in [0.15, 0.2) is 12.2 Å². The minimum atomic E-state index is -0.185. The highest BCUT2D eigenvalue weighted by molar-refractivity contribution is 5.73. The predicted molar refractivity (Wildman–Crippen MR) is 102 cm³/mol. The number of primary amides is 1. The van der Waals surface area contributed by atoms with Crippen molar-refractivity contribution in [1.82, 2.24) is 0 Å². The fraction of sp³-hybridized carbons (Fsp3) is 0.857. The molecule has 0 rings (SSSR count). The van der Waals surface area contributed by atoms with Crippen molar-refractivity contribution in [2.45, 2.75) is 116 Å². The molecule has 0 fully saturated rings. The number of allylic oxidation sites excluding steroid dienone is 2. The van der Waals surface area contributed by atoms with Crippen LogP contribution in [0.3, 0.4) is 0 Å². The molecular formula is C21H41NO. The third-order valence-electron chi connectivity index (χ3n) is 4.43. The van der Waals surface area contributed by atoms with E-state index in [1.807, 2.05) is 0 Å². The molecular weight excluding hydrogens is 282 g/mol. The topological polar surface area (TPSA) is 43.1 Å². The molecule has 0 aliphatic carbocycles. The third-order valence-corrected chi connectivity index (χ3v) is 4.43. The van der Waals surface area contributed by atoms with Crippen molar-refractivity contribution >= 4 is 5.91 Å². The molecule has 136 valence electrons. The number of rotatable bonds is 18. The Bertz CT molecular complexity index is 273. The maximum absolute atomic E-state index is 10.6. The van der Waals surface area contributed by atoms with E-state index in [1.54, 1.807) is 0 Å². The van der Waals surface area contributed by atoms with Gasteiger partial charge in [0.05, 0.1) is 0 Å². The minimum Gasteiger partial charge on any atom is -0.370 e. The molecule has 2 N–H and O–H groups in total. The van der Waals surface area contributed by atoms with Gasteiger partial charge in [0, 0.05) is 6.42 Å². The average molecular weight is 324 g/mol. The zero-order valence-electron chi connectivity index (χ0n) is 15.7. The van der Waals surface area contributed by atoms with Gasteiger partial charge in [0.1, 0.15) is 0 Å². The van der Waals surface area contributed by atoms with Crippen LogP contribution in [0.1, 0.15) is 116 Å². The molecule has 0 aromatic rings. The number of amides is 1. The van der Waals surface area contributed by atoms with E-state index in [0.29, 0.717) is 6.42 Å². The Balaban J connectivity index is 3.05. The van der Waals surface area contributed by atoms with Crippen LogP contribution in [0.25, 0.3) is 0 Å². The second kappa shape index (κ2) is 19.3. The van der Waals surface area contributed by atoms with Crippen molar-refractivity contribution in [3.63, 3.8) is 0 Å². The van der Waals surface area contributed by atoms with Crippen molar-refractivity contribution in [1.29, 1.82) is 0 Å². The van der Waals surface area contributed by atoms with E-state index >= 15 is 0 Å². The van der Waals surface area contributed by atoms with Gasteiger partial charge in [-0.15, -0.1) is 0 Å². The summed E-state index contributed by atoms with van der Waals surface area (Å²) in [4.78, 5) is 10.6. The molecule has 23 heavy (non-hydrogen) atoms. The summed E-state index contributed by atoms with van der Waals surface area (Å²) >= 11 is 0. The molecule has 0 saturated carbocycles. The number of nitrogens with two attached hydrogens (primary N) is 1. The summed E-state index contributed by atoms with van der Waals surface area (Å²) in [5.41, 5.74) is 5.10. The van der Waals surface area contributed by atoms with Crippen LogP contribution in [0.2, 0.25) is 0 Å². The van der Waals surface area contributed by atoms with Crippen LogP contribution in [0.4, 0.5) is 0 Å². The lowest BCUT2D eigenvalue weighted by Gasteiger charge is -2.02. The zero-order chi connectivity index (χ0) is 17.0. The van der Waals surface area contributed by atoms with Crippen LogP contribution >= 0.6 is 0 Å². The molecule has 1 amide bonds. The fourth-order valence-electron chi connectivity index (χ4n) is 2.91. The first-order valence-corrected chi connectivity index (χ1v) is 10.2. The molecule has 0 aromatic carbocycles. The van der Waals surface area contributed by atoms with E-state index in [2.05, 4.69) is 19.1 Å². The van der Waals surface area contributed by atoms with E-state index in [4.69, 9.17) is 5.73 Å². The summed E-state index contributed by atoms with van der Waals surface area (Å²) in [6, 6.07) is 0. The van der Waals surface area contributed by atoms with Crippen molar-refractivity contribution in [2.24, 2.45) is 5.73 Å². The summed E-state index contributed by atoms with van der Waals surface area (Å²) in [7, 11) is 0. The van der Waals surface area contributed by atoms with Crippen LogP contribution in [0, 0.1) is 0 Å². The molecule has 0 bridgehead atoms. The maximum atomic E-state index is 10.6. The monoisotopic (exact) mass is 323 g/mol. The van der Waals surface area contributed by atoms with Gasteiger partial charge in [-0.05, 0) is 25.7 Å². The molecule has 0 radical (unpaired) electrons. The highest BCUT2D eigenvalue weighted by Crippen LogP contribution is 2.13. The van der Waals surface area contributed by atoms with Gasteiger partial charge in [0.2, 0.25) is 5.91 Å². The SMILES string of the molecule is CCCCCCCCCCCCCCCC=CCCCC(N)=O. The molecule has 0 saturated heterocycles. The van der Waals surface area contributed by atoms with Crippen molar-refractivity contribution in [2.75, 3.05) is 0 Å². The lowest BCUT2D eigenvalue weighted by Crippen LogP contribution is -2.09. The zero-order valence-corrected chi connectivity index (χ0v) is 15.7. The lowest BCUT2D eigenvalue weighted by molar-refractivity contribution is -0.118. The number of carbonyl (C=O) groups is 1. The Kier molecular flexibility index (Phi) is 18.6. The van der Waals surface area contributed by atoms with Crippen molar-refractivity contribution in [3.05, 3.63) is 12.2 Å². The molecule has 0 aromatic heterocycles. The Hall–Kier alpha value is -0.790. The molecule has 0 unspecified atom stereocenters. The van der Waals surface area contributed by atoms with Gasteiger partial charge >= 0.3 is 0 Å². The first-order chi connectivity index (χ1) is 11.3. The van der Waals surface area contributed by atoms with Gasteiger partial charge in [-0.3, -0.25) is 4.79 Å². The van der Waals surface area contributed by atoms with E-state index in [1.165, 1.54) is 89.9 Å². The summed E-state index contributed by atoms with van der Waals surface area (Å²) in [6.07, 6.45) is 26.4. The summed E-state index contributed by atoms with van der Waals surface area (Å²) in [5.74, 6) is -0.185. The van der Waals surface area contributed by atoms with Crippen LogP contribution in [-0.2, 0) is 4.79 Å². The molecule has 0 spiro atoms. The van der Waals surface area contributed by atoms with Crippen molar-refractivity contribution < 1.29 is 4.79 Å². The van der Waals surface area contributed by atoms with Crippen LogP contribution < -0.4 is 5.73 Å². The average Bonchev–Trinajstić information content (AvgIpc) is 2.53. The Labute approximate surface area is 145 Å². The smallest absolute Gasteiger partial charge is 0.217 e. The Morgan fingerprint density at radius 1 is 0.652 bits per heavy atom. The van der Waals surface area contributed by atoms with Crippen molar-refractivity contribution in [3.8, 4) is 0 Å². The lowest BCUT2D eigenvalue weighted by atomic mass is 10.0. The number of hydrogen-bond donors (Lipinski definition) is 1. The van der Waals surface area contributed by atoms with Crippen LogP contribution in [0.5, 0.6) is 0 Å². The highest BCUT2D eigenvalue weighted by Gasteiger charge is 1.94. The number of hydrogen-bond acceptors (Lipinski definition) is 1. The number of carbonyl (C=O) groups excluding carboxylic acids is 1. The third kappa shape index (κ3) is 21.2. The Morgan fingerprint density at radius 3 is 1.48 bits per heavy atom. The first-order valence-electron chi connectivity index (χ1n) is 10.2. The summed E-state index contributed by atoms with van der Waals surface area (Å²) in [5, 5.41) is 0. The minimum absolute atomic E-state index is 0.185. The largest absolute Gasteiger partial charge is 0.370 e. The van der Waals surface area contributed by atoms with E-state index in [9.17, 15) is 4.79 Å². The van der Waals surface area contributed by atoms with E-state index < -0.39 is 0 Å². The van der Waals surface area contributed by atoms with Gasteiger partial charge in [0.25, 0.3) is 0 Å². The maximum Gasteiger partial charge on any atom is 0.217 e. The molecule has 2 nitrogen and oxygen atoms in total. The van der Waals surface area contributed by atoms with Crippen LogP contribution in [-0.4, -0.2) is 5.91 Å². The second-order valence-corrected chi connectivity index (χ2v) is 6.86. The standard InChI is InChI=1S/C21H41NO/c1-2-3-4-5-6-7-8-9-10-11-12-13-14-15-16-17-18-19-20-21(22)23/h16-17H,2-15,18-20H2,1H3,(H2,22,23). The highest BCUT2D eigenvalue weighted by atomic mass is 16.1. The molecule has 0 atom stereocenters. The first kappa shape index (κ1) is 22.2. The van der Waals surface area contributed by atoms with Gasteiger partial charge in [-0.25, -0.2) is 0 Å². The second-order valence-electron chi connectivity index (χ2n) is 6.86. The fourth-order valence-corrected chi connectivity index (χ4v) is 2.91. The normalized spacial score (nSPS) is 11.3. The molecule has 0 aliphatic rings. The van der Waals surface area contributed by atoms with Gasteiger partial charge < -0.3 is 5.73 Å². The van der Waals surface area contributed by atoms with E-state index in [0.717, 1.165) is 12.8 Å². The predicted octanol–water partition coefficient (Wildman–Crippen LogP) is 6.68.